The minimum absolute atomic E-state index is 0.185. The lowest BCUT2D eigenvalue weighted by Gasteiger charge is -2.40. The molecule has 0 aromatic rings. The Hall–Kier alpha value is -1.85. The molecule has 1 aliphatic rings. The van der Waals surface area contributed by atoms with Crippen LogP contribution >= 0.6 is 0 Å². The molecule has 7 atom stereocenters. The zero-order valence-electron chi connectivity index (χ0n) is 54.0. The van der Waals surface area contributed by atoms with Gasteiger partial charge >= 0.3 is 0 Å². The number of carbonyl (C=O) groups is 1. The van der Waals surface area contributed by atoms with E-state index in [9.17, 15) is 30.3 Å². The van der Waals surface area contributed by atoms with E-state index in [0.717, 1.165) is 44.9 Å². The maximum atomic E-state index is 13.1. The van der Waals surface area contributed by atoms with Crippen LogP contribution < -0.4 is 5.32 Å². The number of aliphatic hydroxyl groups is 5. The zero-order valence-corrected chi connectivity index (χ0v) is 54.0. The summed E-state index contributed by atoms with van der Waals surface area (Å²) in [6.07, 6.45) is 78.2. The van der Waals surface area contributed by atoms with Crippen molar-refractivity contribution in [1.82, 2.24) is 5.32 Å². The van der Waals surface area contributed by atoms with Crippen molar-refractivity contribution in [1.29, 1.82) is 0 Å². The second-order valence-corrected chi connectivity index (χ2v) is 25.0. The monoisotopic (exact) mass is 1160 g/mol. The fourth-order valence-electron chi connectivity index (χ4n) is 11.5. The third-order valence-electron chi connectivity index (χ3n) is 17.1. The smallest absolute Gasteiger partial charge is 0.220 e. The van der Waals surface area contributed by atoms with E-state index in [1.165, 1.54) is 289 Å². The lowest BCUT2D eigenvalue weighted by Crippen LogP contribution is -2.60. The van der Waals surface area contributed by atoms with Crippen LogP contribution in [0.1, 0.15) is 354 Å². The maximum Gasteiger partial charge on any atom is 0.220 e. The quantitative estimate of drug-likeness (QED) is 0.0261. The number of hydrogen-bond donors (Lipinski definition) is 6. The normalized spacial score (nSPS) is 18.5. The Labute approximate surface area is 507 Å². The molecule has 6 N–H and O–H groups in total. The number of allylic oxidation sites excluding steroid dienone is 7. The molecule has 9 nitrogen and oxygen atoms in total. The number of unbranched alkanes of at least 4 members (excludes halogenated alkanes) is 47. The molecule has 9 heteroatoms. The first kappa shape index (κ1) is 78.2. The SMILES string of the molecule is CCCCCCCCCC/C=C\CCCCCCCCCCCCCCCCCCCCCCCCCCCCCCCC(=O)NC(COC1OC(CO)C(O)C(O)C1O)C(O)/C=C/CC/C=C/CC/C=C/CCCCCCCCCC. The average molecular weight is 1160 g/mol. The Bertz CT molecular complexity index is 1430. The van der Waals surface area contributed by atoms with Crippen molar-refractivity contribution in [2.75, 3.05) is 13.2 Å². The largest absolute Gasteiger partial charge is 0.394 e. The van der Waals surface area contributed by atoms with Crippen molar-refractivity contribution in [3.05, 3.63) is 48.6 Å². The lowest BCUT2D eigenvalue weighted by atomic mass is 9.99. The molecule has 0 aromatic carbocycles. The summed E-state index contributed by atoms with van der Waals surface area (Å²) < 4.78 is 11.3. The van der Waals surface area contributed by atoms with Gasteiger partial charge in [-0.3, -0.25) is 4.79 Å². The highest BCUT2D eigenvalue weighted by Gasteiger charge is 2.44. The summed E-state index contributed by atoms with van der Waals surface area (Å²) in [5.41, 5.74) is 0. The summed E-state index contributed by atoms with van der Waals surface area (Å²) in [5.74, 6) is -0.185. The number of aliphatic hydroxyl groups excluding tert-OH is 5. The summed E-state index contributed by atoms with van der Waals surface area (Å²) in [4.78, 5) is 13.1. The Morgan fingerprint density at radius 2 is 0.695 bits per heavy atom. The van der Waals surface area contributed by atoms with Gasteiger partial charge < -0.3 is 40.3 Å². The molecule has 7 unspecified atom stereocenters. The summed E-state index contributed by atoms with van der Waals surface area (Å²) >= 11 is 0. The third-order valence-corrected chi connectivity index (χ3v) is 17.1. The highest BCUT2D eigenvalue weighted by molar-refractivity contribution is 5.76. The molecule has 1 saturated heterocycles. The van der Waals surface area contributed by atoms with Gasteiger partial charge in [-0.2, -0.15) is 0 Å². The first-order valence-corrected chi connectivity index (χ1v) is 35.9. The van der Waals surface area contributed by atoms with E-state index in [2.05, 4.69) is 55.6 Å². The Morgan fingerprint density at radius 1 is 0.402 bits per heavy atom. The molecule has 1 fully saturated rings. The summed E-state index contributed by atoms with van der Waals surface area (Å²) in [7, 11) is 0. The van der Waals surface area contributed by atoms with Gasteiger partial charge in [0.15, 0.2) is 6.29 Å². The standard InChI is InChI=1S/C73H137NO8/c1-3-5-7-9-11-13-15-17-19-21-23-24-25-26-27-28-29-30-31-32-33-34-35-36-37-38-39-40-41-42-43-44-45-47-49-51-53-55-57-59-61-63-69(77)74-66(65-81-73-72(80)71(79)70(78)68(64-75)82-73)67(76)62-60-58-56-54-52-50-48-46-22-20-18-16-14-12-10-8-6-4-2/h21-23,46,52,54,60,62,66-68,70-73,75-76,78-80H,3-20,24-45,47-51,53,55-59,61,63-65H2,1-2H3,(H,74,77)/b23-21-,46-22+,54-52+,62-60+. The second kappa shape index (κ2) is 62.2. The predicted octanol–water partition coefficient (Wildman–Crippen LogP) is 19.6. The molecule has 0 saturated carbocycles. The van der Waals surface area contributed by atoms with Crippen molar-refractivity contribution >= 4 is 5.91 Å². The van der Waals surface area contributed by atoms with Crippen LogP contribution in [0.25, 0.3) is 0 Å². The Kier molecular flexibility index (Phi) is 59.3. The molecule has 1 amide bonds. The zero-order chi connectivity index (χ0) is 59.3. The molecule has 482 valence electrons. The number of amides is 1. The van der Waals surface area contributed by atoms with Crippen LogP contribution in [0.3, 0.4) is 0 Å². The molecule has 0 aliphatic carbocycles. The van der Waals surface area contributed by atoms with Gasteiger partial charge in [-0.25, -0.2) is 0 Å². The highest BCUT2D eigenvalue weighted by atomic mass is 16.7. The second-order valence-electron chi connectivity index (χ2n) is 25.0. The topological polar surface area (TPSA) is 149 Å². The van der Waals surface area contributed by atoms with E-state index in [1.54, 1.807) is 6.08 Å². The van der Waals surface area contributed by atoms with Crippen molar-refractivity contribution in [2.24, 2.45) is 0 Å². The number of rotatable bonds is 63. The van der Waals surface area contributed by atoms with Crippen molar-refractivity contribution in [2.45, 2.75) is 397 Å². The maximum absolute atomic E-state index is 13.1. The highest BCUT2D eigenvalue weighted by Crippen LogP contribution is 2.23. The first-order chi connectivity index (χ1) is 40.3. The van der Waals surface area contributed by atoms with Crippen LogP contribution in [-0.4, -0.2) is 87.5 Å². The summed E-state index contributed by atoms with van der Waals surface area (Å²) in [6.45, 7) is 3.79. The molecular weight excluding hydrogens is 1020 g/mol. The van der Waals surface area contributed by atoms with Gasteiger partial charge in [0.05, 0.1) is 25.4 Å². The van der Waals surface area contributed by atoms with Gasteiger partial charge in [0, 0.05) is 6.42 Å². The van der Waals surface area contributed by atoms with E-state index >= 15 is 0 Å². The van der Waals surface area contributed by atoms with Crippen molar-refractivity contribution in [3.8, 4) is 0 Å². The van der Waals surface area contributed by atoms with Crippen LogP contribution in [0.5, 0.6) is 0 Å². The fraction of sp³-hybridized carbons (Fsp3) is 0.877. The number of hydrogen-bond acceptors (Lipinski definition) is 8. The van der Waals surface area contributed by atoms with E-state index in [4.69, 9.17) is 9.47 Å². The number of carbonyl (C=O) groups excluding carboxylic acids is 1. The van der Waals surface area contributed by atoms with Gasteiger partial charge in [-0.15, -0.1) is 0 Å². The van der Waals surface area contributed by atoms with Crippen LogP contribution in [0.4, 0.5) is 0 Å². The van der Waals surface area contributed by atoms with Crippen LogP contribution in [0.15, 0.2) is 48.6 Å². The van der Waals surface area contributed by atoms with E-state index < -0.39 is 49.5 Å². The number of nitrogens with one attached hydrogen (secondary N) is 1. The van der Waals surface area contributed by atoms with Crippen LogP contribution in [0, 0.1) is 0 Å². The predicted molar refractivity (Wildman–Crippen MR) is 350 cm³/mol. The van der Waals surface area contributed by atoms with Gasteiger partial charge in [0.1, 0.15) is 24.4 Å². The Balaban J connectivity index is 2.04. The summed E-state index contributed by atoms with van der Waals surface area (Å²) in [5, 5.41) is 54.6. The average Bonchev–Trinajstić information content (AvgIpc) is 3.57. The molecule has 0 bridgehead atoms. The van der Waals surface area contributed by atoms with Crippen LogP contribution in [0.2, 0.25) is 0 Å². The van der Waals surface area contributed by atoms with Crippen molar-refractivity contribution in [3.63, 3.8) is 0 Å². The fourth-order valence-corrected chi connectivity index (χ4v) is 11.5. The first-order valence-electron chi connectivity index (χ1n) is 35.9. The van der Waals surface area contributed by atoms with Gasteiger partial charge in [0.25, 0.3) is 0 Å². The number of ether oxygens (including phenoxy) is 2. The van der Waals surface area contributed by atoms with Crippen LogP contribution in [-0.2, 0) is 14.3 Å². The van der Waals surface area contributed by atoms with E-state index in [0.29, 0.717) is 6.42 Å². The molecule has 1 rings (SSSR count). The molecule has 0 aromatic heterocycles. The van der Waals surface area contributed by atoms with E-state index in [1.807, 2.05) is 6.08 Å². The molecular formula is C73H137NO8. The van der Waals surface area contributed by atoms with Gasteiger partial charge in [-0.1, -0.05) is 326 Å². The minimum atomic E-state index is -1.57. The van der Waals surface area contributed by atoms with Gasteiger partial charge in [0.2, 0.25) is 5.91 Å². The Morgan fingerprint density at radius 3 is 1.02 bits per heavy atom. The van der Waals surface area contributed by atoms with Gasteiger partial charge in [-0.05, 0) is 70.6 Å². The lowest BCUT2D eigenvalue weighted by molar-refractivity contribution is -0.302. The molecule has 0 radical (unpaired) electrons. The summed E-state index contributed by atoms with van der Waals surface area (Å²) in [6, 6.07) is -0.828. The molecule has 1 aliphatic heterocycles. The molecule has 0 spiro atoms. The third kappa shape index (κ3) is 50.3. The molecule has 1 heterocycles. The van der Waals surface area contributed by atoms with Crippen molar-refractivity contribution < 1.29 is 39.8 Å². The minimum Gasteiger partial charge on any atom is -0.394 e. The molecule has 82 heavy (non-hydrogen) atoms. The van der Waals surface area contributed by atoms with E-state index in [-0.39, 0.29) is 12.5 Å².